The molecule has 1 N–H and O–H groups in total. The minimum absolute atomic E-state index is 0.254. The first-order valence-corrected chi connectivity index (χ1v) is 7.62. The summed E-state index contributed by atoms with van der Waals surface area (Å²) in [5, 5.41) is 12.2. The highest BCUT2D eigenvalue weighted by atomic mass is 16.5. The fourth-order valence-electron chi connectivity index (χ4n) is 2.67. The summed E-state index contributed by atoms with van der Waals surface area (Å²) in [6.07, 6.45) is 2.55. The van der Waals surface area contributed by atoms with Crippen LogP contribution in [0.1, 0.15) is 11.1 Å². The van der Waals surface area contributed by atoms with Crippen molar-refractivity contribution < 1.29 is 9.84 Å². The Morgan fingerprint density at radius 2 is 1.78 bits per heavy atom. The molecule has 0 heterocycles. The molecule has 0 aromatic heterocycles. The summed E-state index contributed by atoms with van der Waals surface area (Å²) >= 11 is 0. The third-order valence-electron chi connectivity index (χ3n) is 3.87. The van der Waals surface area contributed by atoms with Crippen LogP contribution in [0.4, 0.5) is 0 Å². The molecule has 0 unspecified atom stereocenters. The lowest BCUT2D eigenvalue weighted by Crippen LogP contribution is -1.95. The predicted molar refractivity (Wildman–Crippen MR) is 94.8 cm³/mol. The molecule has 0 aliphatic heterocycles. The monoisotopic (exact) mass is 305 g/mol. The Morgan fingerprint density at radius 3 is 2.65 bits per heavy atom. The van der Waals surface area contributed by atoms with Crippen molar-refractivity contribution in [3.05, 3.63) is 71.8 Å². The van der Waals surface area contributed by atoms with E-state index in [0.717, 1.165) is 34.1 Å². The molecule has 116 valence electrons. The maximum Gasteiger partial charge on any atom is 0.124 e. The van der Waals surface area contributed by atoms with Crippen molar-refractivity contribution in [2.45, 2.75) is 6.42 Å². The Kier molecular flexibility index (Phi) is 4.57. The molecule has 0 saturated carbocycles. The summed E-state index contributed by atoms with van der Waals surface area (Å²) < 4.78 is 5.35. The predicted octanol–water partition coefficient (Wildman–Crippen LogP) is 4.22. The molecule has 3 nitrogen and oxygen atoms in total. The molecular weight excluding hydrogens is 286 g/mol. The van der Waals surface area contributed by atoms with Gasteiger partial charge in [-0.25, -0.2) is 0 Å². The molecule has 0 aliphatic rings. The molecule has 0 bridgehead atoms. The number of phenols is 1. The van der Waals surface area contributed by atoms with Gasteiger partial charge in [0.2, 0.25) is 0 Å². The van der Waals surface area contributed by atoms with Gasteiger partial charge in [0.15, 0.2) is 0 Å². The van der Waals surface area contributed by atoms with E-state index in [4.69, 9.17) is 4.74 Å². The second-order valence-electron chi connectivity index (χ2n) is 5.32. The number of ether oxygens (including phenoxy) is 1. The number of fused-ring (bicyclic) bond motifs is 1. The molecule has 0 spiro atoms. The van der Waals surface area contributed by atoms with Crippen LogP contribution in [0.3, 0.4) is 0 Å². The van der Waals surface area contributed by atoms with E-state index in [1.807, 2.05) is 54.6 Å². The normalized spacial score (nSPS) is 11.2. The molecule has 3 aromatic rings. The number of methoxy groups -OCH3 is 1. The number of benzene rings is 3. The zero-order valence-corrected chi connectivity index (χ0v) is 13.1. The average Bonchev–Trinajstić information content (AvgIpc) is 2.60. The highest BCUT2D eigenvalue weighted by Crippen LogP contribution is 2.25. The van der Waals surface area contributed by atoms with Crippen LogP contribution in [-0.2, 0) is 6.42 Å². The van der Waals surface area contributed by atoms with E-state index < -0.39 is 0 Å². The van der Waals surface area contributed by atoms with Crippen LogP contribution < -0.4 is 4.74 Å². The van der Waals surface area contributed by atoms with Gasteiger partial charge in [-0.3, -0.25) is 4.99 Å². The van der Waals surface area contributed by atoms with Crippen LogP contribution in [-0.4, -0.2) is 25.0 Å². The zero-order chi connectivity index (χ0) is 16.1. The van der Waals surface area contributed by atoms with E-state index in [-0.39, 0.29) is 5.75 Å². The lowest BCUT2D eigenvalue weighted by atomic mass is 10.0. The van der Waals surface area contributed by atoms with Crippen LogP contribution in [0.5, 0.6) is 11.5 Å². The molecule has 23 heavy (non-hydrogen) atoms. The number of rotatable bonds is 5. The molecule has 0 saturated heterocycles. The molecule has 3 rings (SSSR count). The van der Waals surface area contributed by atoms with Gasteiger partial charge in [0.25, 0.3) is 0 Å². The summed E-state index contributed by atoms with van der Waals surface area (Å²) in [6, 6.07) is 19.6. The number of para-hydroxylation sites is 1. The largest absolute Gasteiger partial charge is 0.507 e. The highest BCUT2D eigenvalue weighted by molar-refractivity contribution is 6.02. The van der Waals surface area contributed by atoms with Crippen LogP contribution in [0.25, 0.3) is 10.8 Å². The molecule has 3 aromatic carbocycles. The van der Waals surface area contributed by atoms with Crippen molar-refractivity contribution in [1.29, 1.82) is 0 Å². The quantitative estimate of drug-likeness (QED) is 0.717. The van der Waals surface area contributed by atoms with E-state index in [0.29, 0.717) is 6.54 Å². The van der Waals surface area contributed by atoms with Gasteiger partial charge in [-0.1, -0.05) is 48.5 Å². The molecule has 0 atom stereocenters. The highest BCUT2D eigenvalue weighted by Gasteiger charge is 2.04. The Balaban J connectivity index is 1.77. The molecule has 0 amide bonds. The topological polar surface area (TPSA) is 41.8 Å². The fourth-order valence-corrected chi connectivity index (χ4v) is 2.67. The van der Waals surface area contributed by atoms with Crippen molar-refractivity contribution in [2.75, 3.05) is 13.7 Å². The lowest BCUT2D eigenvalue weighted by molar-refractivity contribution is 0.410. The minimum Gasteiger partial charge on any atom is -0.507 e. The summed E-state index contributed by atoms with van der Waals surface area (Å²) in [7, 11) is 1.68. The van der Waals surface area contributed by atoms with E-state index >= 15 is 0 Å². The Hall–Kier alpha value is -2.81. The third kappa shape index (κ3) is 3.34. The number of hydrogen-bond acceptors (Lipinski definition) is 3. The summed E-state index contributed by atoms with van der Waals surface area (Å²) in [4.78, 5) is 4.48. The number of hydrogen-bond donors (Lipinski definition) is 1. The van der Waals surface area contributed by atoms with Crippen molar-refractivity contribution in [3.8, 4) is 11.5 Å². The number of aliphatic imine (C=N–C) groups is 1. The first-order chi connectivity index (χ1) is 11.3. The molecule has 0 aliphatic carbocycles. The van der Waals surface area contributed by atoms with Gasteiger partial charge in [-0.05, 0) is 34.9 Å². The third-order valence-corrected chi connectivity index (χ3v) is 3.87. The van der Waals surface area contributed by atoms with E-state index in [1.165, 1.54) is 0 Å². The smallest absolute Gasteiger partial charge is 0.124 e. The number of aromatic hydroxyl groups is 1. The van der Waals surface area contributed by atoms with Crippen molar-refractivity contribution in [1.82, 2.24) is 0 Å². The van der Waals surface area contributed by atoms with E-state index in [2.05, 4.69) is 4.99 Å². The van der Waals surface area contributed by atoms with E-state index in [1.54, 1.807) is 19.4 Å². The van der Waals surface area contributed by atoms with Crippen LogP contribution in [0.2, 0.25) is 0 Å². The van der Waals surface area contributed by atoms with Crippen molar-refractivity contribution in [3.63, 3.8) is 0 Å². The Bertz CT molecular complexity index is 840. The van der Waals surface area contributed by atoms with Gasteiger partial charge in [0.1, 0.15) is 11.5 Å². The Morgan fingerprint density at radius 1 is 1.00 bits per heavy atom. The fraction of sp³-hybridized carbons (Fsp3) is 0.150. The number of nitrogens with zero attached hydrogens (tertiary/aromatic N) is 1. The van der Waals surface area contributed by atoms with E-state index in [9.17, 15) is 5.11 Å². The average molecular weight is 305 g/mol. The van der Waals surface area contributed by atoms with Gasteiger partial charge >= 0.3 is 0 Å². The summed E-state index contributed by atoms with van der Waals surface area (Å²) in [6.45, 7) is 0.642. The number of phenolic OH excluding ortho intramolecular Hbond substituents is 1. The summed E-state index contributed by atoms with van der Waals surface area (Å²) in [5.41, 5.74) is 1.90. The second kappa shape index (κ2) is 6.97. The van der Waals surface area contributed by atoms with Gasteiger partial charge < -0.3 is 9.84 Å². The minimum atomic E-state index is 0.254. The standard InChI is InChI=1S/C20H19NO2/c1-23-20-9-5-3-7-16(20)12-13-21-14-18-17-8-4-2-6-15(17)10-11-19(18)22/h2-11,14,22H,12-13H2,1H3. The van der Waals surface area contributed by atoms with Gasteiger partial charge in [-0.15, -0.1) is 0 Å². The lowest BCUT2D eigenvalue weighted by Gasteiger charge is -2.07. The molecule has 0 radical (unpaired) electrons. The van der Waals surface area contributed by atoms with Gasteiger partial charge in [0.05, 0.1) is 7.11 Å². The SMILES string of the molecule is COc1ccccc1CCN=Cc1c(O)ccc2ccccc12. The Labute approximate surface area is 135 Å². The van der Waals surface area contributed by atoms with Gasteiger partial charge in [-0.2, -0.15) is 0 Å². The van der Waals surface area contributed by atoms with Crippen molar-refractivity contribution in [2.24, 2.45) is 4.99 Å². The van der Waals surface area contributed by atoms with Crippen molar-refractivity contribution >= 4 is 17.0 Å². The first kappa shape index (κ1) is 15.1. The summed E-state index contributed by atoms with van der Waals surface area (Å²) in [5.74, 6) is 1.14. The van der Waals surface area contributed by atoms with Crippen LogP contribution >= 0.6 is 0 Å². The van der Waals surface area contributed by atoms with Crippen LogP contribution in [0.15, 0.2) is 65.7 Å². The molecule has 0 fully saturated rings. The maximum atomic E-state index is 10.1. The van der Waals surface area contributed by atoms with Crippen LogP contribution in [0, 0.1) is 0 Å². The van der Waals surface area contributed by atoms with Gasteiger partial charge in [0, 0.05) is 18.3 Å². The molecular formula is C20H19NO2. The first-order valence-electron chi connectivity index (χ1n) is 7.62. The maximum absolute atomic E-state index is 10.1. The molecule has 3 heteroatoms. The zero-order valence-electron chi connectivity index (χ0n) is 13.1. The second-order valence-corrected chi connectivity index (χ2v) is 5.32.